The van der Waals surface area contributed by atoms with Gasteiger partial charge in [0.15, 0.2) is 0 Å². The Hall–Kier alpha value is -1.42. The van der Waals surface area contributed by atoms with Gasteiger partial charge in [-0.1, -0.05) is 13.0 Å². The van der Waals surface area contributed by atoms with E-state index in [4.69, 9.17) is 4.74 Å². The Bertz CT molecular complexity index is 284. The second-order valence-corrected chi connectivity index (χ2v) is 3.05. The zero-order valence-corrected chi connectivity index (χ0v) is 9.07. The number of ether oxygens (including phenoxy) is 1. The first-order chi connectivity index (χ1) is 7.36. The number of nitrogens with zero attached hydrogens (tertiary/aromatic N) is 2. The number of nitrogens with one attached hydrogen (secondary N) is 1. The van der Waals surface area contributed by atoms with Gasteiger partial charge in [-0.05, 0) is 13.0 Å². The molecular formula is C11H17N3O. The molecule has 0 atom stereocenters. The predicted octanol–water partition coefficient (Wildman–Crippen LogP) is 1.54. The molecule has 1 N–H and O–H groups in total. The SMILES string of the molecule is C=CCCOc1cnc(CNCC)cn1. The summed E-state index contributed by atoms with van der Waals surface area (Å²) in [4.78, 5) is 8.36. The minimum atomic E-state index is 0.567. The molecule has 1 rings (SSSR count). The minimum absolute atomic E-state index is 0.567. The molecule has 4 nitrogen and oxygen atoms in total. The molecule has 0 bridgehead atoms. The van der Waals surface area contributed by atoms with Crippen LogP contribution in [0.5, 0.6) is 5.88 Å². The van der Waals surface area contributed by atoms with Gasteiger partial charge >= 0.3 is 0 Å². The van der Waals surface area contributed by atoms with E-state index in [1.54, 1.807) is 12.4 Å². The zero-order valence-electron chi connectivity index (χ0n) is 9.07. The van der Waals surface area contributed by atoms with Gasteiger partial charge in [-0.2, -0.15) is 0 Å². The predicted molar refractivity (Wildman–Crippen MR) is 59.7 cm³/mol. The van der Waals surface area contributed by atoms with Crippen molar-refractivity contribution in [2.75, 3.05) is 13.2 Å². The first-order valence-corrected chi connectivity index (χ1v) is 5.12. The van der Waals surface area contributed by atoms with Crippen molar-refractivity contribution in [1.82, 2.24) is 15.3 Å². The van der Waals surface area contributed by atoms with E-state index in [1.165, 1.54) is 0 Å². The molecule has 0 aliphatic heterocycles. The van der Waals surface area contributed by atoms with E-state index < -0.39 is 0 Å². The van der Waals surface area contributed by atoms with Crippen LogP contribution < -0.4 is 10.1 Å². The van der Waals surface area contributed by atoms with Gasteiger partial charge in [0.05, 0.1) is 24.7 Å². The summed E-state index contributed by atoms with van der Waals surface area (Å²) in [5, 5.41) is 3.18. The van der Waals surface area contributed by atoms with E-state index in [-0.39, 0.29) is 0 Å². The average Bonchev–Trinajstić information content (AvgIpc) is 2.28. The lowest BCUT2D eigenvalue weighted by atomic mass is 10.4. The molecular weight excluding hydrogens is 190 g/mol. The normalized spacial score (nSPS) is 9.93. The van der Waals surface area contributed by atoms with Crippen molar-refractivity contribution in [3.63, 3.8) is 0 Å². The monoisotopic (exact) mass is 207 g/mol. The lowest BCUT2D eigenvalue weighted by Gasteiger charge is -2.04. The fraction of sp³-hybridized carbons (Fsp3) is 0.455. The van der Waals surface area contributed by atoms with E-state index in [9.17, 15) is 0 Å². The Balaban J connectivity index is 2.38. The fourth-order valence-electron chi connectivity index (χ4n) is 1.01. The summed E-state index contributed by atoms with van der Waals surface area (Å²) < 4.78 is 5.34. The molecule has 0 amide bonds. The smallest absolute Gasteiger partial charge is 0.232 e. The maximum absolute atomic E-state index is 5.34. The first kappa shape index (κ1) is 11.7. The van der Waals surface area contributed by atoms with Crippen LogP contribution in [0.15, 0.2) is 25.0 Å². The van der Waals surface area contributed by atoms with Gasteiger partial charge in [0.25, 0.3) is 0 Å². The summed E-state index contributed by atoms with van der Waals surface area (Å²) in [6, 6.07) is 0. The standard InChI is InChI=1S/C11H17N3O/c1-3-5-6-15-11-9-13-10(8-14-11)7-12-4-2/h3,8-9,12H,1,4-7H2,2H3. The highest BCUT2D eigenvalue weighted by atomic mass is 16.5. The van der Waals surface area contributed by atoms with Crippen LogP contribution in [0.4, 0.5) is 0 Å². The molecule has 82 valence electrons. The fourth-order valence-corrected chi connectivity index (χ4v) is 1.01. The third-order valence-corrected chi connectivity index (χ3v) is 1.81. The van der Waals surface area contributed by atoms with Crippen LogP contribution >= 0.6 is 0 Å². The van der Waals surface area contributed by atoms with Crippen LogP contribution in [0.1, 0.15) is 19.0 Å². The Labute approximate surface area is 90.4 Å². The minimum Gasteiger partial charge on any atom is -0.476 e. The molecule has 0 spiro atoms. The Morgan fingerprint density at radius 3 is 2.93 bits per heavy atom. The third-order valence-electron chi connectivity index (χ3n) is 1.81. The lowest BCUT2D eigenvalue weighted by Crippen LogP contribution is -2.13. The molecule has 1 aromatic rings. The van der Waals surface area contributed by atoms with Crippen molar-refractivity contribution in [1.29, 1.82) is 0 Å². The average molecular weight is 207 g/mol. The van der Waals surface area contributed by atoms with Gasteiger partial charge in [-0.3, -0.25) is 4.98 Å². The van der Waals surface area contributed by atoms with E-state index in [1.807, 2.05) is 6.08 Å². The van der Waals surface area contributed by atoms with E-state index in [2.05, 4.69) is 28.8 Å². The van der Waals surface area contributed by atoms with Gasteiger partial charge in [0.2, 0.25) is 5.88 Å². The molecule has 1 heterocycles. The second kappa shape index (κ2) is 6.95. The maximum Gasteiger partial charge on any atom is 0.232 e. The lowest BCUT2D eigenvalue weighted by molar-refractivity contribution is 0.310. The maximum atomic E-state index is 5.34. The van der Waals surface area contributed by atoms with Crippen molar-refractivity contribution in [2.24, 2.45) is 0 Å². The molecule has 0 saturated carbocycles. The molecule has 0 radical (unpaired) electrons. The van der Waals surface area contributed by atoms with E-state index in [0.29, 0.717) is 12.5 Å². The molecule has 0 saturated heterocycles. The summed E-state index contributed by atoms with van der Waals surface area (Å²) in [7, 11) is 0. The van der Waals surface area contributed by atoms with E-state index >= 15 is 0 Å². The topological polar surface area (TPSA) is 47.0 Å². The van der Waals surface area contributed by atoms with Crippen LogP contribution in [-0.4, -0.2) is 23.1 Å². The first-order valence-electron chi connectivity index (χ1n) is 5.12. The van der Waals surface area contributed by atoms with Crippen molar-refractivity contribution < 1.29 is 4.74 Å². The van der Waals surface area contributed by atoms with Crippen molar-refractivity contribution in [2.45, 2.75) is 19.9 Å². The van der Waals surface area contributed by atoms with Crippen LogP contribution in [0.3, 0.4) is 0 Å². The van der Waals surface area contributed by atoms with Crippen molar-refractivity contribution >= 4 is 0 Å². The van der Waals surface area contributed by atoms with Crippen LogP contribution in [0, 0.1) is 0 Å². The third kappa shape index (κ3) is 4.56. The summed E-state index contributed by atoms with van der Waals surface area (Å²) in [6.45, 7) is 7.95. The highest BCUT2D eigenvalue weighted by molar-refractivity contribution is 5.07. The molecule has 15 heavy (non-hydrogen) atoms. The Morgan fingerprint density at radius 2 is 2.33 bits per heavy atom. The van der Waals surface area contributed by atoms with Gasteiger partial charge in [0.1, 0.15) is 0 Å². The summed E-state index contributed by atoms with van der Waals surface area (Å²) in [5.74, 6) is 0.567. The van der Waals surface area contributed by atoms with Crippen molar-refractivity contribution in [3.8, 4) is 5.88 Å². The van der Waals surface area contributed by atoms with Gasteiger partial charge in [0, 0.05) is 6.54 Å². The molecule has 0 unspecified atom stereocenters. The summed E-state index contributed by atoms with van der Waals surface area (Å²) in [5.41, 5.74) is 0.924. The van der Waals surface area contributed by atoms with Gasteiger partial charge in [-0.25, -0.2) is 4.98 Å². The summed E-state index contributed by atoms with van der Waals surface area (Å²) in [6.07, 6.45) is 6.01. The number of rotatable bonds is 7. The molecule has 0 aliphatic rings. The quantitative estimate of drug-likeness (QED) is 0.544. The largest absolute Gasteiger partial charge is 0.476 e. The zero-order chi connectivity index (χ0) is 10.9. The number of aromatic nitrogens is 2. The molecule has 0 aliphatic carbocycles. The van der Waals surface area contributed by atoms with Crippen LogP contribution in [-0.2, 0) is 6.54 Å². The van der Waals surface area contributed by atoms with Gasteiger partial charge in [-0.15, -0.1) is 6.58 Å². The second-order valence-electron chi connectivity index (χ2n) is 3.05. The molecule has 4 heteroatoms. The molecule has 1 aromatic heterocycles. The van der Waals surface area contributed by atoms with Crippen LogP contribution in [0.2, 0.25) is 0 Å². The number of hydrogen-bond acceptors (Lipinski definition) is 4. The van der Waals surface area contributed by atoms with Crippen molar-refractivity contribution in [3.05, 3.63) is 30.7 Å². The highest BCUT2D eigenvalue weighted by Crippen LogP contribution is 2.04. The van der Waals surface area contributed by atoms with Gasteiger partial charge < -0.3 is 10.1 Å². The number of hydrogen-bond donors (Lipinski definition) is 1. The highest BCUT2D eigenvalue weighted by Gasteiger charge is 1.97. The molecule has 0 aromatic carbocycles. The summed E-state index contributed by atoms with van der Waals surface area (Å²) >= 11 is 0. The Kier molecular flexibility index (Phi) is 5.40. The molecule has 0 fully saturated rings. The van der Waals surface area contributed by atoms with Crippen LogP contribution in [0.25, 0.3) is 0 Å². The Morgan fingerprint density at radius 1 is 1.47 bits per heavy atom. The van der Waals surface area contributed by atoms with E-state index in [0.717, 1.165) is 25.2 Å².